The van der Waals surface area contributed by atoms with E-state index in [1.807, 2.05) is 54.9 Å². The Hall–Kier alpha value is -3.68. The van der Waals surface area contributed by atoms with Crippen molar-refractivity contribution in [3.63, 3.8) is 0 Å². The summed E-state index contributed by atoms with van der Waals surface area (Å²) in [6.07, 6.45) is 3.59. The van der Waals surface area contributed by atoms with E-state index in [0.29, 0.717) is 36.1 Å². The van der Waals surface area contributed by atoms with Gasteiger partial charge in [0.15, 0.2) is 5.76 Å². The van der Waals surface area contributed by atoms with E-state index in [1.165, 1.54) is 0 Å². The fourth-order valence-electron chi connectivity index (χ4n) is 2.93. The molecule has 0 saturated heterocycles. The highest BCUT2D eigenvalue weighted by Gasteiger charge is 2.11. The standard InChI is InChI=1S/C20H20N6O2/c1-13-24-18(12-19(25-13)26-10-9-21-14(26)2)22-7-8-23-20(27)17-11-15-5-3-4-6-16(15)28-17/h3-6,9-12H,7-8H2,1-2H3,(H,23,27)(H,22,24,25). The van der Waals surface area contributed by atoms with Gasteiger partial charge < -0.3 is 15.1 Å². The zero-order valence-electron chi connectivity index (χ0n) is 15.6. The van der Waals surface area contributed by atoms with Crippen LogP contribution < -0.4 is 10.6 Å². The van der Waals surface area contributed by atoms with E-state index in [2.05, 4.69) is 25.6 Å². The highest BCUT2D eigenvalue weighted by atomic mass is 16.3. The maximum Gasteiger partial charge on any atom is 0.287 e. The molecule has 0 aliphatic heterocycles. The zero-order valence-corrected chi connectivity index (χ0v) is 15.6. The molecule has 8 heteroatoms. The largest absolute Gasteiger partial charge is 0.451 e. The van der Waals surface area contributed by atoms with Crippen molar-refractivity contribution in [3.8, 4) is 5.82 Å². The summed E-state index contributed by atoms with van der Waals surface area (Å²) in [6.45, 7) is 4.70. The van der Waals surface area contributed by atoms with Crippen LogP contribution in [-0.2, 0) is 0 Å². The van der Waals surface area contributed by atoms with Gasteiger partial charge in [-0.2, -0.15) is 0 Å². The molecular weight excluding hydrogens is 356 g/mol. The van der Waals surface area contributed by atoms with E-state index in [9.17, 15) is 4.79 Å². The molecule has 0 bridgehead atoms. The average molecular weight is 376 g/mol. The number of carbonyl (C=O) groups is 1. The summed E-state index contributed by atoms with van der Waals surface area (Å²) in [5, 5.41) is 6.96. The quantitative estimate of drug-likeness (QED) is 0.502. The van der Waals surface area contributed by atoms with Crippen LogP contribution in [0.3, 0.4) is 0 Å². The lowest BCUT2D eigenvalue weighted by molar-refractivity contribution is 0.0929. The Kier molecular flexibility index (Phi) is 4.76. The van der Waals surface area contributed by atoms with Gasteiger partial charge in [-0.15, -0.1) is 0 Å². The van der Waals surface area contributed by atoms with E-state index in [-0.39, 0.29) is 5.91 Å². The van der Waals surface area contributed by atoms with Gasteiger partial charge in [0.1, 0.15) is 28.9 Å². The topological polar surface area (TPSA) is 97.9 Å². The Morgan fingerprint density at radius 2 is 2.00 bits per heavy atom. The molecule has 8 nitrogen and oxygen atoms in total. The normalized spacial score (nSPS) is 10.9. The molecule has 0 aliphatic rings. The van der Waals surface area contributed by atoms with Crippen molar-refractivity contribution in [2.75, 3.05) is 18.4 Å². The van der Waals surface area contributed by atoms with Crippen LogP contribution >= 0.6 is 0 Å². The molecule has 1 aromatic carbocycles. The van der Waals surface area contributed by atoms with Crippen molar-refractivity contribution in [1.29, 1.82) is 0 Å². The number of amides is 1. The maximum absolute atomic E-state index is 12.3. The summed E-state index contributed by atoms with van der Waals surface area (Å²) in [6, 6.07) is 11.1. The molecule has 4 rings (SSSR count). The summed E-state index contributed by atoms with van der Waals surface area (Å²) < 4.78 is 7.46. The van der Waals surface area contributed by atoms with Crippen LogP contribution in [0.25, 0.3) is 16.8 Å². The van der Waals surface area contributed by atoms with Crippen molar-refractivity contribution in [1.82, 2.24) is 24.8 Å². The van der Waals surface area contributed by atoms with Crippen LogP contribution in [0.5, 0.6) is 0 Å². The highest BCUT2D eigenvalue weighted by Crippen LogP contribution is 2.18. The van der Waals surface area contributed by atoms with Crippen LogP contribution in [0.4, 0.5) is 5.82 Å². The van der Waals surface area contributed by atoms with Crippen molar-refractivity contribution >= 4 is 22.7 Å². The average Bonchev–Trinajstić information content (AvgIpc) is 3.30. The number of aryl methyl sites for hydroxylation is 2. The van der Waals surface area contributed by atoms with Gasteiger partial charge in [-0.25, -0.2) is 15.0 Å². The Labute approximate surface area is 161 Å². The van der Waals surface area contributed by atoms with E-state index < -0.39 is 0 Å². The Morgan fingerprint density at radius 1 is 1.14 bits per heavy atom. The molecule has 0 aliphatic carbocycles. The predicted octanol–water partition coefficient (Wildman–Crippen LogP) is 2.87. The number of para-hydroxylation sites is 1. The third-order valence-corrected chi connectivity index (χ3v) is 4.26. The van der Waals surface area contributed by atoms with Gasteiger partial charge in [0, 0.05) is 36.9 Å². The van der Waals surface area contributed by atoms with Gasteiger partial charge in [0.05, 0.1) is 0 Å². The summed E-state index contributed by atoms with van der Waals surface area (Å²) in [7, 11) is 0. The number of imidazole rings is 1. The van der Waals surface area contributed by atoms with Gasteiger partial charge in [-0.1, -0.05) is 18.2 Å². The molecule has 0 spiro atoms. The third kappa shape index (κ3) is 3.71. The van der Waals surface area contributed by atoms with E-state index in [4.69, 9.17) is 4.42 Å². The number of aromatic nitrogens is 4. The number of hydrogen-bond acceptors (Lipinski definition) is 6. The minimum atomic E-state index is -0.244. The minimum absolute atomic E-state index is 0.244. The Bertz CT molecular complexity index is 1100. The van der Waals surface area contributed by atoms with Crippen LogP contribution in [0.2, 0.25) is 0 Å². The van der Waals surface area contributed by atoms with Crippen molar-refractivity contribution in [2.45, 2.75) is 13.8 Å². The lowest BCUT2D eigenvalue weighted by atomic mass is 10.2. The number of anilines is 1. The molecule has 0 radical (unpaired) electrons. The number of nitrogens with zero attached hydrogens (tertiary/aromatic N) is 4. The van der Waals surface area contributed by atoms with E-state index in [0.717, 1.165) is 17.0 Å². The summed E-state index contributed by atoms with van der Waals surface area (Å²) in [4.78, 5) is 25.3. The first-order chi connectivity index (χ1) is 13.6. The number of carbonyl (C=O) groups excluding carboxylic acids is 1. The fraction of sp³-hybridized carbons (Fsp3) is 0.200. The second-order valence-corrected chi connectivity index (χ2v) is 6.33. The molecule has 0 saturated carbocycles. The molecule has 0 atom stereocenters. The number of fused-ring (bicyclic) bond motifs is 1. The fourth-order valence-corrected chi connectivity index (χ4v) is 2.93. The second-order valence-electron chi connectivity index (χ2n) is 6.33. The van der Waals surface area contributed by atoms with Crippen molar-refractivity contribution < 1.29 is 9.21 Å². The van der Waals surface area contributed by atoms with Crippen LogP contribution in [0, 0.1) is 13.8 Å². The zero-order chi connectivity index (χ0) is 19.5. The first-order valence-corrected chi connectivity index (χ1v) is 8.97. The van der Waals surface area contributed by atoms with Gasteiger partial charge in [-0.05, 0) is 26.0 Å². The molecule has 4 aromatic rings. The van der Waals surface area contributed by atoms with Crippen LogP contribution in [0.15, 0.2) is 53.2 Å². The van der Waals surface area contributed by atoms with Crippen LogP contribution in [0.1, 0.15) is 22.2 Å². The van der Waals surface area contributed by atoms with Crippen LogP contribution in [-0.4, -0.2) is 38.5 Å². The van der Waals surface area contributed by atoms with E-state index >= 15 is 0 Å². The monoisotopic (exact) mass is 376 g/mol. The molecule has 28 heavy (non-hydrogen) atoms. The molecule has 0 fully saturated rings. The summed E-state index contributed by atoms with van der Waals surface area (Å²) >= 11 is 0. The second kappa shape index (κ2) is 7.51. The first kappa shape index (κ1) is 17.7. The Morgan fingerprint density at radius 3 is 2.79 bits per heavy atom. The number of nitrogens with one attached hydrogen (secondary N) is 2. The maximum atomic E-state index is 12.3. The smallest absolute Gasteiger partial charge is 0.287 e. The van der Waals surface area contributed by atoms with Gasteiger partial charge >= 0.3 is 0 Å². The lowest BCUT2D eigenvalue weighted by Gasteiger charge is -2.10. The van der Waals surface area contributed by atoms with Crippen molar-refractivity contribution in [2.24, 2.45) is 0 Å². The predicted molar refractivity (Wildman–Crippen MR) is 106 cm³/mol. The lowest BCUT2D eigenvalue weighted by Crippen LogP contribution is -2.28. The molecule has 142 valence electrons. The third-order valence-electron chi connectivity index (χ3n) is 4.26. The number of rotatable bonds is 6. The first-order valence-electron chi connectivity index (χ1n) is 8.97. The van der Waals surface area contributed by atoms with Gasteiger partial charge in [0.25, 0.3) is 5.91 Å². The minimum Gasteiger partial charge on any atom is -0.451 e. The summed E-state index contributed by atoms with van der Waals surface area (Å²) in [5.41, 5.74) is 0.699. The summed E-state index contributed by atoms with van der Waals surface area (Å²) in [5.74, 6) is 3.00. The number of hydrogen-bond donors (Lipinski definition) is 2. The molecular formula is C20H20N6O2. The molecule has 2 N–H and O–H groups in total. The van der Waals surface area contributed by atoms with Gasteiger partial charge in [-0.3, -0.25) is 9.36 Å². The molecule has 1 amide bonds. The molecule has 3 aromatic heterocycles. The molecule has 3 heterocycles. The molecule has 0 unspecified atom stereocenters. The number of furan rings is 1. The highest BCUT2D eigenvalue weighted by molar-refractivity contribution is 5.96. The number of benzene rings is 1. The van der Waals surface area contributed by atoms with Crippen molar-refractivity contribution in [3.05, 3.63) is 66.2 Å². The SMILES string of the molecule is Cc1nc(NCCNC(=O)c2cc3ccccc3o2)cc(-n2ccnc2C)n1. The van der Waals surface area contributed by atoms with E-state index in [1.54, 1.807) is 12.3 Å². The Balaban J connectivity index is 1.35. The van der Waals surface area contributed by atoms with Gasteiger partial charge in [0.2, 0.25) is 0 Å².